The maximum Gasteiger partial charge on any atom is 0.337 e. The third-order valence-corrected chi connectivity index (χ3v) is 4.88. The largest absolute Gasteiger partial charge is 0.478 e. The molecule has 1 fully saturated rings. The Morgan fingerprint density at radius 1 is 1.29 bits per heavy atom. The Bertz CT molecular complexity index is 715. The number of benzene rings is 1. The number of aromatic amines is 1. The minimum Gasteiger partial charge on any atom is -0.478 e. The molecule has 0 saturated heterocycles. The molecule has 0 radical (unpaired) electrons. The van der Waals surface area contributed by atoms with Crippen molar-refractivity contribution in [3.05, 3.63) is 17.7 Å². The molecule has 1 aliphatic rings. The third kappa shape index (κ3) is 3.32. The van der Waals surface area contributed by atoms with E-state index in [0.29, 0.717) is 17.1 Å². The van der Waals surface area contributed by atoms with Crippen molar-refractivity contribution in [2.75, 3.05) is 23.3 Å². The molecular weight excluding hydrogens is 304 g/mol. The van der Waals surface area contributed by atoms with Crippen LogP contribution in [0.3, 0.4) is 0 Å². The van der Waals surface area contributed by atoms with Crippen LogP contribution in [0.5, 0.6) is 0 Å². The van der Waals surface area contributed by atoms with Crippen molar-refractivity contribution in [3.63, 3.8) is 0 Å². The zero-order valence-electron chi connectivity index (χ0n) is 14.4. The van der Waals surface area contributed by atoms with Crippen molar-refractivity contribution in [2.24, 2.45) is 0 Å². The first-order valence-electron chi connectivity index (χ1n) is 8.91. The minimum atomic E-state index is -0.913. The van der Waals surface area contributed by atoms with E-state index in [1.165, 1.54) is 32.1 Å². The molecule has 1 aromatic heterocycles. The van der Waals surface area contributed by atoms with E-state index in [4.69, 9.17) is 0 Å². The molecule has 1 heterocycles. The van der Waals surface area contributed by atoms with Crippen molar-refractivity contribution < 1.29 is 9.90 Å². The first-order chi connectivity index (χ1) is 11.6. The number of rotatable bonds is 6. The zero-order chi connectivity index (χ0) is 17.1. The van der Waals surface area contributed by atoms with Crippen LogP contribution >= 0.6 is 0 Å². The second-order valence-electron chi connectivity index (χ2n) is 6.43. The molecule has 1 aromatic carbocycles. The average Bonchev–Trinajstić information content (AvgIpc) is 2.97. The van der Waals surface area contributed by atoms with Crippen LogP contribution in [-0.2, 0) is 0 Å². The Hall–Kier alpha value is -2.24. The normalized spacial score (nSPS) is 15.6. The SMILES string of the molecule is CCN(CC)c1cc2[nH]c(NC3CCCCC3)nc2cc1C(=O)O. The maximum absolute atomic E-state index is 11.6. The lowest BCUT2D eigenvalue weighted by atomic mass is 9.96. The molecule has 1 saturated carbocycles. The highest BCUT2D eigenvalue weighted by atomic mass is 16.4. The number of nitrogens with one attached hydrogen (secondary N) is 2. The molecule has 130 valence electrons. The summed E-state index contributed by atoms with van der Waals surface area (Å²) in [5.41, 5.74) is 2.62. The molecule has 24 heavy (non-hydrogen) atoms. The van der Waals surface area contributed by atoms with Crippen molar-refractivity contribution in [1.82, 2.24) is 9.97 Å². The molecule has 0 amide bonds. The van der Waals surface area contributed by atoms with Crippen molar-refractivity contribution in [1.29, 1.82) is 0 Å². The van der Waals surface area contributed by atoms with Gasteiger partial charge < -0.3 is 20.3 Å². The average molecular weight is 330 g/mol. The van der Waals surface area contributed by atoms with Crippen molar-refractivity contribution in [2.45, 2.75) is 52.0 Å². The van der Waals surface area contributed by atoms with Gasteiger partial charge in [-0.2, -0.15) is 0 Å². The lowest BCUT2D eigenvalue weighted by Crippen LogP contribution is -2.24. The summed E-state index contributed by atoms with van der Waals surface area (Å²) in [7, 11) is 0. The highest BCUT2D eigenvalue weighted by Crippen LogP contribution is 2.28. The maximum atomic E-state index is 11.6. The van der Waals surface area contributed by atoms with Crippen LogP contribution in [0.15, 0.2) is 12.1 Å². The number of anilines is 2. The fourth-order valence-electron chi connectivity index (χ4n) is 3.55. The van der Waals surface area contributed by atoms with Gasteiger partial charge >= 0.3 is 5.97 Å². The van der Waals surface area contributed by atoms with Crippen LogP contribution in [-0.4, -0.2) is 40.2 Å². The summed E-state index contributed by atoms with van der Waals surface area (Å²) in [5, 5.41) is 13.0. The number of carboxylic acid groups (broad SMARTS) is 1. The van der Waals surface area contributed by atoms with E-state index in [1.807, 2.05) is 19.9 Å². The Labute approximate surface area is 142 Å². The predicted molar refractivity (Wildman–Crippen MR) is 97.1 cm³/mol. The number of hydrogen-bond acceptors (Lipinski definition) is 4. The molecule has 0 unspecified atom stereocenters. The van der Waals surface area contributed by atoms with E-state index in [9.17, 15) is 9.90 Å². The van der Waals surface area contributed by atoms with Crippen LogP contribution in [0.25, 0.3) is 11.0 Å². The molecule has 6 heteroatoms. The molecule has 0 bridgehead atoms. The molecule has 2 aromatic rings. The molecular formula is C18H26N4O2. The quantitative estimate of drug-likeness (QED) is 0.749. The van der Waals surface area contributed by atoms with Crippen LogP contribution < -0.4 is 10.2 Å². The van der Waals surface area contributed by atoms with E-state index >= 15 is 0 Å². The molecule has 0 aliphatic heterocycles. The first-order valence-corrected chi connectivity index (χ1v) is 8.91. The smallest absolute Gasteiger partial charge is 0.337 e. The van der Waals surface area contributed by atoms with Gasteiger partial charge in [0, 0.05) is 19.1 Å². The molecule has 3 N–H and O–H groups in total. The second-order valence-corrected chi connectivity index (χ2v) is 6.43. The Kier molecular flexibility index (Phi) is 4.92. The highest BCUT2D eigenvalue weighted by Gasteiger charge is 2.19. The van der Waals surface area contributed by atoms with Gasteiger partial charge in [0.2, 0.25) is 5.95 Å². The fraction of sp³-hybridized carbons (Fsp3) is 0.556. The van der Waals surface area contributed by atoms with Crippen LogP contribution in [0.1, 0.15) is 56.3 Å². The summed E-state index contributed by atoms with van der Waals surface area (Å²) < 4.78 is 0. The molecule has 0 atom stereocenters. The number of imidazole rings is 1. The van der Waals surface area contributed by atoms with Gasteiger partial charge in [-0.15, -0.1) is 0 Å². The van der Waals surface area contributed by atoms with Gasteiger partial charge in [0.1, 0.15) is 0 Å². The van der Waals surface area contributed by atoms with E-state index in [1.54, 1.807) is 6.07 Å². The van der Waals surface area contributed by atoms with Gasteiger partial charge in [0.15, 0.2) is 0 Å². The van der Waals surface area contributed by atoms with Gasteiger partial charge in [0.25, 0.3) is 0 Å². The van der Waals surface area contributed by atoms with Crippen LogP contribution in [0, 0.1) is 0 Å². The predicted octanol–water partition coefficient (Wildman–Crippen LogP) is 3.85. The Morgan fingerprint density at radius 3 is 2.62 bits per heavy atom. The standard InChI is InChI=1S/C18H26N4O2/c1-3-22(4-2)16-11-15-14(10-13(16)17(23)24)20-18(21-15)19-12-8-6-5-7-9-12/h10-12H,3-9H2,1-2H3,(H,23,24)(H2,19,20,21). The van der Waals surface area contributed by atoms with Crippen LogP contribution in [0.4, 0.5) is 11.6 Å². The van der Waals surface area contributed by atoms with Gasteiger partial charge in [-0.25, -0.2) is 9.78 Å². The van der Waals surface area contributed by atoms with E-state index in [2.05, 4.69) is 20.2 Å². The molecule has 1 aliphatic carbocycles. The number of aromatic nitrogens is 2. The second kappa shape index (κ2) is 7.11. The van der Waals surface area contributed by atoms with E-state index < -0.39 is 5.97 Å². The van der Waals surface area contributed by atoms with Gasteiger partial charge in [-0.05, 0) is 38.8 Å². The van der Waals surface area contributed by atoms with Crippen molar-refractivity contribution in [3.8, 4) is 0 Å². The number of H-pyrrole nitrogens is 1. The summed E-state index contributed by atoms with van der Waals surface area (Å²) in [4.78, 5) is 21.6. The number of carbonyl (C=O) groups is 1. The first kappa shape index (κ1) is 16.6. The van der Waals surface area contributed by atoms with Gasteiger partial charge in [0.05, 0.1) is 22.3 Å². The topological polar surface area (TPSA) is 81.2 Å². The highest BCUT2D eigenvalue weighted by molar-refractivity contribution is 5.99. The van der Waals surface area contributed by atoms with Crippen molar-refractivity contribution >= 4 is 28.6 Å². The fourth-order valence-corrected chi connectivity index (χ4v) is 3.55. The van der Waals surface area contributed by atoms with Gasteiger partial charge in [-0.1, -0.05) is 19.3 Å². The number of fused-ring (bicyclic) bond motifs is 1. The number of hydrogen-bond donors (Lipinski definition) is 3. The summed E-state index contributed by atoms with van der Waals surface area (Å²) in [6.07, 6.45) is 6.16. The summed E-state index contributed by atoms with van der Waals surface area (Å²) in [6, 6.07) is 4.04. The summed E-state index contributed by atoms with van der Waals surface area (Å²) >= 11 is 0. The van der Waals surface area contributed by atoms with E-state index in [0.717, 1.165) is 30.2 Å². The Morgan fingerprint density at radius 2 is 2.00 bits per heavy atom. The molecule has 3 rings (SSSR count). The minimum absolute atomic E-state index is 0.307. The van der Waals surface area contributed by atoms with E-state index in [-0.39, 0.29) is 0 Å². The number of nitrogens with zero attached hydrogens (tertiary/aromatic N) is 2. The Balaban J connectivity index is 1.94. The molecule has 6 nitrogen and oxygen atoms in total. The van der Waals surface area contributed by atoms with Gasteiger partial charge in [-0.3, -0.25) is 0 Å². The molecule has 0 spiro atoms. The summed E-state index contributed by atoms with van der Waals surface area (Å²) in [5.74, 6) is -0.173. The van der Waals surface area contributed by atoms with Crippen LogP contribution in [0.2, 0.25) is 0 Å². The monoisotopic (exact) mass is 330 g/mol. The lowest BCUT2D eigenvalue weighted by Gasteiger charge is -2.22. The zero-order valence-corrected chi connectivity index (χ0v) is 14.4. The summed E-state index contributed by atoms with van der Waals surface area (Å²) in [6.45, 7) is 5.60. The third-order valence-electron chi connectivity index (χ3n) is 4.88. The number of carboxylic acids is 1. The lowest BCUT2D eigenvalue weighted by molar-refractivity contribution is 0.0697. The number of aromatic carboxylic acids is 1.